The molecule has 0 amide bonds. The molecule has 24 heavy (non-hydrogen) atoms. The number of hydrogen-bond acceptors (Lipinski definition) is 6. The van der Waals surface area contributed by atoms with E-state index in [0.717, 1.165) is 29.6 Å². The number of rotatable bonds is 3. The average Bonchev–Trinajstić information content (AvgIpc) is 3.18. The van der Waals surface area contributed by atoms with Crippen molar-refractivity contribution in [3.05, 3.63) is 50.6 Å². The van der Waals surface area contributed by atoms with Gasteiger partial charge in [-0.1, -0.05) is 0 Å². The van der Waals surface area contributed by atoms with Crippen molar-refractivity contribution in [3.8, 4) is 5.69 Å². The molecule has 3 aromatic heterocycles. The molecule has 7 nitrogen and oxygen atoms in total. The molecular formula is C16H17N5O2S. The van der Waals surface area contributed by atoms with E-state index < -0.39 is 5.69 Å². The summed E-state index contributed by atoms with van der Waals surface area (Å²) in [6.07, 6.45) is 4.50. The van der Waals surface area contributed by atoms with Gasteiger partial charge in [0.25, 0.3) is 5.56 Å². The molecule has 0 unspecified atom stereocenters. The maximum atomic E-state index is 12.5. The van der Waals surface area contributed by atoms with Crippen molar-refractivity contribution in [2.75, 3.05) is 5.32 Å². The Balaban J connectivity index is 1.66. The Bertz CT molecular complexity index is 988. The van der Waals surface area contributed by atoms with Crippen LogP contribution < -0.4 is 22.3 Å². The van der Waals surface area contributed by atoms with Crippen LogP contribution in [0.4, 0.5) is 5.82 Å². The number of pyridine rings is 1. The van der Waals surface area contributed by atoms with E-state index in [4.69, 9.17) is 5.73 Å². The number of nitrogens with two attached hydrogens (primary N) is 1. The Kier molecular flexibility index (Phi) is 3.70. The van der Waals surface area contributed by atoms with Crippen LogP contribution in [0.5, 0.6) is 0 Å². The molecule has 3 heterocycles. The van der Waals surface area contributed by atoms with Crippen LogP contribution in [-0.4, -0.2) is 26.6 Å². The second kappa shape index (κ2) is 5.88. The van der Waals surface area contributed by atoms with Crippen molar-refractivity contribution < 1.29 is 0 Å². The van der Waals surface area contributed by atoms with Gasteiger partial charge in [-0.15, -0.1) is 11.3 Å². The fourth-order valence-corrected chi connectivity index (χ4v) is 3.91. The lowest BCUT2D eigenvalue weighted by atomic mass is 10.2. The number of nitrogens with one attached hydrogen (secondary N) is 2. The Morgan fingerprint density at radius 3 is 2.88 bits per heavy atom. The van der Waals surface area contributed by atoms with Gasteiger partial charge in [0.05, 0.1) is 17.4 Å². The predicted octanol–water partition coefficient (Wildman–Crippen LogP) is 1.43. The zero-order valence-corrected chi connectivity index (χ0v) is 13.7. The zero-order chi connectivity index (χ0) is 16.7. The first-order chi connectivity index (χ1) is 11.6. The molecule has 0 saturated heterocycles. The molecule has 0 radical (unpaired) electrons. The van der Waals surface area contributed by atoms with Crippen molar-refractivity contribution in [1.29, 1.82) is 0 Å². The monoisotopic (exact) mass is 343 g/mol. The molecule has 0 bridgehead atoms. The third kappa shape index (κ3) is 2.63. The van der Waals surface area contributed by atoms with E-state index in [9.17, 15) is 9.59 Å². The molecule has 0 spiro atoms. The maximum absolute atomic E-state index is 12.5. The highest BCUT2D eigenvalue weighted by Gasteiger charge is 2.21. The molecule has 124 valence electrons. The average molecular weight is 343 g/mol. The van der Waals surface area contributed by atoms with Crippen molar-refractivity contribution in [1.82, 2.24) is 14.5 Å². The van der Waals surface area contributed by atoms with Gasteiger partial charge in [0, 0.05) is 12.1 Å². The predicted molar refractivity (Wildman–Crippen MR) is 95.1 cm³/mol. The summed E-state index contributed by atoms with van der Waals surface area (Å²) in [7, 11) is 0. The van der Waals surface area contributed by atoms with Crippen LogP contribution in [0.15, 0.2) is 39.4 Å². The lowest BCUT2D eigenvalue weighted by Gasteiger charge is -2.13. The SMILES string of the molecule is N[C@H]1CC[C@H](Nc2ccc(-n3c(=O)[nH]c4ccsc4c3=O)cn2)C1. The smallest absolute Gasteiger partial charge is 0.333 e. The topological polar surface area (TPSA) is 106 Å². The van der Waals surface area contributed by atoms with Gasteiger partial charge in [-0.2, -0.15) is 0 Å². The molecule has 4 N–H and O–H groups in total. The van der Waals surface area contributed by atoms with Crippen LogP contribution in [0.2, 0.25) is 0 Å². The van der Waals surface area contributed by atoms with Crippen LogP contribution in [-0.2, 0) is 0 Å². The van der Waals surface area contributed by atoms with Crippen LogP contribution in [0.3, 0.4) is 0 Å². The molecule has 0 aromatic carbocycles. The Morgan fingerprint density at radius 1 is 1.29 bits per heavy atom. The Hall–Kier alpha value is -2.45. The number of hydrogen-bond donors (Lipinski definition) is 3. The number of fused-ring (bicyclic) bond motifs is 1. The third-order valence-electron chi connectivity index (χ3n) is 4.34. The van der Waals surface area contributed by atoms with Gasteiger partial charge in [0.1, 0.15) is 10.5 Å². The first-order valence-electron chi connectivity index (χ1n) is 7.83. The third-order valence-corrected chi connectivity index (χ3v) is 5.24. The van der Waals surface area contributed by atoms with Crippen molar-refractivity contribution in [2.24, 2.45) is 5.73 Å². The molecule has 0 aliphatic heterocycles. The highest BCUT2D eigenvalue weighted by molar-refractivity contribution is 7.17. The largest absolute Gasteiger partial charge is 0.367 e. The van der Waals surface area contributed by atoms with Crippen LogP contribution in [0, 0.1) is 0 Å². The molecule has 4 rings (SSSR count). The quantitative estimate of drug-likeness (QED) is 0.667. The van der Waals surface area contributed by atoms with E-state index in [0.29, 0.717) is 21.9 Å². The minimum atomic E-state index is -0.463. The number of H-pyrrole nitrogens is 1. The minimum absolute atomic E-state index is 0.247. The number of anilines is 1. The van der Waals surface area contributed by atoms with Crippen LogP contribution >= 0.6 is 11.3 Å². The lowest BCUT2D eigenvalue weighted by Crippen LogP contribution is -2.33. The normalized spacial score (nSPS) is 20.5. The number of thiophene rings is 1. The van der Waals surface area contributed by atoms with Gasteiger partial charge < -0.3 is 16.0 Å². The molecule has 1 aliphatic rings. The molecule has 3 aromatic rings. The maximum Gasteiger partial charge on any atom is 0.333 e. The highest BCUT2D eigenvalue weighted by atomic mass is 32.1. The molecule has 1 fully saturated rings. The number of aromatic amines is 1. The summed E-state index contributed by atoms with van der Waals surface area (Å²) >= 11 is 1.31. The molecular weight excluding hydrogens is 326 g/mol. The fourth-order valence-electron chi connectivity index (χ4n) is 3.13. The Labute approximate surface area is 141 Å². The number of nitrogens with zero attached hydrogens (tertiary/aromatic N) is 2. The van der Waals surface area contributed by atoms with Gasteiger partial charge in [0.2, 0.25) is 0 Å². The summed E-state index contributed by atoms with van der Waals surface area (Å²) in [5.74, 6) is 0.722. The van der Waals surface area contributed by atoms with Crippen molar-refractivity contribution >= 4 is 27.4 Å². The van der Waals surface area contributed by atoms with Gasteiger partial charge >= 0.3 is 5.69 Å². The molecule has 1 saturated carbocycles. The molecule has 2 atom stereocenters. The van der Waals surface area contributed by atoms with E-state index in [2.05, 4.69) is 15.3 Å². The molecule has 8 heteroatoms. The molecule has 1 aliphatic carbocycles. The van der Waals surface area contributed by atoms with Gasteiger partial charge in [-0.25, -0.2) is 14.3 Å². The van der Waals surface area contributed by atoms with Crippen molar-refractivity contribution in [3.63, 3.8) is 0 Å². The Morgan fingerprint density at radius 2 is 2.17 bits per heavy atom. The van der Waals surface area contributed by atoms with Crippen molar-refractivity contribution in [2.45, 2.75) is 31.3 Å². The van der Waals surface area contributed by atoms with Crippen LogP contribution in [0.1, 0.15) is 19.3 Å². The zero-order valence-electron chi connectivity index (χ0n) is 12.9. The first kappa shape index (κ1) is 15.1. The lowest BCUT2D eigenvalue weighted by molar-refractivity contribution is 0.686. The van der Waals surface area contributed by atoms with Crippen LogP contribution in [0.25, 0.3) is 15.9 Å². The second-order valence-corrected chi connectivity index (χ2v) is 6.97. The number of aromatic nitrogens is 3. The minimum Gasteiger partial charge on any atom is -0.367 e. The van der Waals surface area contributed by atoms with E-state index in [1.165, 1.54) is 17.5 Å². The van der Waals surface area contributed by atoms with E-state index in [1.807, 2.05) is 0 Å². The fraction of sp³-hybridized carbons (Fsp3) is 0.312. The van der Waals surface area contributed by atoms with E-state index in [-0.39, 0.29) is 11.6 Å². The summed E-state index contributed by atoms with van der Waals surface area (Å²) < 4.78 is 1.64. The summed E-state index contributed by atoms with van der Waals surface area (Å²) in [4.78, 5) is 31.8. The summed E-state index contributed by atoms with van der Waals surface area (Å²) in [5.41, 5.74) is 6.14. The summed E-state index contributed by atoms with van der Waals surface area (Å²) in [6, 6.07) is 5.80. The highest BCUT2D eigenvalue weighted by Crippen LogP contribution is 2.21. The van der Waals surface area contributed by atoms with E-state index >= 15 is 0 Å². The van der Waals surface area contributed by atoms with Gasteiger partial charge in [0.15, 0.2) is 0 Å². The second-order valence-electron chi connectivity index (χ2n) is 6.05. The standard InChI is InChI=1S/C16H17N5O2S/c17-9-1-2-10(7-9)19-13-4-3-11(8-18-13)21-15(22)14-12(5-6-24-14)20-16(21)23/h3-6,8-10H,1-2,7,17H2,(H,18,19)(H,20,23)/t9-,10-/m0/s1. The van der Waals surface area contributed by atoms with Gasteiger partial charge in [-0.3, -0.25) is 4.79 Å². The van der Waals surface area contributed by atoms with E-state index in [1.54, 1.807) is 23.6 Å². The summed E-state index contributed by atoms with van der Waals surface area (Å²) in [6.45, 7) is 0. The summed E-state index contributed by atoms with van der Waals surface area (Å²) in [5, 5.41) is 5.12. The van der Waals surface area contributed by atoms with Gasteiger partial charge in [-0.05, 0) is 42.8 Å². The first-order valence-corrected chi connectivity index (χ1v) is 8.71.